The van der Waals surface area contributed by atoms with Crippen molar-refractivity contribution in [2.24, 2.45) is 5.92 Å². The summed E-state index contributed by atoms with van der Waals surface area (Å²) in [6, 6.07) is 12.4. The SMILES string of the molecule is O=C(C1CCC1)N(Cc1ccco1)Cc1cc(Cl)ccc1OS(=O)(=O)c1ccc(F)cc1. The van der Waals surface area contributed by atoms with Crippen molar-refractivity contribution in [3.05, 3.63) is 83.0 Å². The second-order valence-corrected chi connectivity index (χ2v) is 9.63. The van der Waals surface area contributed by atoms with Crippen molar-refractivity contribution in [2.45, 2.75) is 37.2 Å². The number of benzene rings is 2. The Kier molecular flexibility index (Phi) is 6.53. The van der Waals surface area contributed by atoms with Gasteiger partial charge in [0.05, 0.1) is 12.8 Å². The molecule has 0 atom stereocenters. The fourth-order valence-electron chi connectivity index (χ4n) is 3.44. The zero-order chi connectivity index (χ0) is 22.7. The van der Waals surface area contributed by atoms with Crippen LogP contribution in [0, 0.1) is 11.7 Å². The van der Waals surface area contributed by atoms with Crippen LogP contribution < -0.4 is 4.18 Å². The van der Waals surface area contributed by atoms with Gasteiger partial charge in [0.25, 0.3) is 0 Å². The molecule has 0 spiro atoms. The highest BCUT2D eigenvalue weighted by Gasteiger charge is 2.31. The zero-order valence-electron chi connectivity index (χ0n) is 17.0. The Hall–Kier alpha value is -2.84. The first-order valence-corrected chi connectivity index (χ1v) is 11.9. The van der Waals surface area contributed by atoms with Crippen molar-refractivity contribution < 1.29 is 26.2 Å². The van der Waals surface area contributed by atoms with E-state index in [9.17, 15) is 17.6 Å². The van der Waals surface area contributed by atoms with E-state index in [-0.39, 0.29) is 35.6 Å². The molecule has 0 aliphatic heterocycles. The monoisotopic (exact) mass is 477 g/mol. The number of nitrogens with zero attached hydrogens (tertiary/aromatic N) is 1. The Bertz CT molecular complexity index is 1190. The minimum atomic E-state index is -4.21. The van der Waals surface area contributed by atoms with E-state index in [1.54, 1.807) is 23.1 Å². The number of halogens is 2. The predicted octanol–water partition coefficient (Wildman–Crippen LogP) is 5.17. The molecule has 1 heterocycles. The number of carbonyl (C=O) groups is 1. The van der Waals surface area contributed by atoms with Crippen molar-refractivity contribution in [3.8, 4) is 5.75 Å². The molecule has 1 saturated carbocycles. The first-order chi connectivity index (χ1) is 15.3. The molecule has 0 radical (unpaired) electrons. The molecule has 9 heteroatoms. The second-order valence-electron chi connectivity index (χ2n) is 7.64. The Morgan fingerprint density at radius 3 is 2.50 bits per heavy atom. The third kappa shape index (κ3) is 5.14. The highest BCUT2D eigenvalue weighted by atomic mass is 35.5. The van der Waals surface area contributed by atoms with Crippen molar-refractivity contribution >= 4 is 27.6 Å². The fraction of sp³-hybridized carbons (Fsp3) is 0.261. The van der Waals surface area contributed by atoms with Crippen molar-refractivity contribution in [1.29, 1.82) is 0 Å². The number of carbonyl (C=O) groups excluding carboxylic acids is 1. The number of furan rings is 1. The maximum Gasteiger partial charge on any atom is 0.339 e. The molecule has 3 aromatic rings. The molecule has 0 bridgehead atoms. The average molecular weight is 478 g/mol. The summed E-state index contributed by atoms with van der Waals surface area (Å²) >= 11 is 6.16. The Morgan fingerprint density at radius 2 is 1.88 bits per heavy atom. The van der Waals surface area contributed by atoms with Gasteiger partial charge in [-0.05, 0) is 67.4 Å². The van der Waals surface area contributed by atoms with E-state index >= 15 is 0 Å². The standard InChI is InChI=1S/C23H21ClFNO5S/c24-18-6-11-22(31-32(28,29)21-9-7-19(25)8-10-21)17(13-18)14-26(15-20-5-2-12-30-20)23(27)16-3-1-4-16/h2,5-13,16H,1,3-4,14-15H2. The topological polar surface area (TPSA) is 76.8 Å². The lowest BCUT2D eigenvalue weighted by Crippen LogP contribution is -2.38. The number of hydrogen-bond acceptors (Lipinski definition) is 5. The average Bonchev–Trinajstić information content (AvgIpc) is 3.21. The molecule has 1 fully saturated rings. The van der Waals surface area contributed by atoms with Crippen LogP contribution in [-0.2, 0) is 28.0 Å². The summed E-state index contributed by atoms with van der Waals surface area (Å²) in [5, 5.41) is 0.376. The largest absolute Gasteiger partial charge is 0.467 e. The van der Waals surface area contributed by atoms with Crippen LogP contribution >= 0.6 is 11.6 Å². The minimum Gasteiger partial charge on any atom is -0.467 e. The van der Waals surface area contributed by atoms with Crippen LogP contribution in [0.3, 0.4) is 0 Å². The molecule has 0 saturated heterocycles. The molecule has 4 rings (SSSR count). The fourth-order valence-corrected chi connectivity index (χ4v) is 4.60. The quantitative estimate of drug-likeness (QED) is 0.418. The smallest absolute Gasteiger partial charge is 0.339 e. The Labute approximate surface area is 190 Å². The van der Waals surface area contributed by atoms with Crippen LogP contribution in [0.1, 0.15) is 30.6 Å². The summed E-state index contributed by atoms with van der Waals surface area (Å²) in [6.07, 6.45) is 4.19. The zero-order valence-corrected chi connectivity index (χ0v) is 18.6. The lowest BCUT2D eigenvalue weighted by molar-refractivity contribution is -0.139. The van der Waals surface area contributed by atoms with Gasteiger partial charge in [0.1, 0.15) is 22.2 Å². The van der Waals surface area contributed by atoms with Crippen LogP contribution in [0.15, 0.2) is 70.2 Å². The van der Waals surface area contributed by atoms with Gasteiger partial charge in [-0.1, -0.05) is 18.0 Å². The van der Waals surface area contributed by atoms with Gasteiger partial charge < -0.3 is 13.5 Å². The van der Waals surface area contributed by atoms with Gasteiger partial charge in [-0.3, -0.25) is 4.79 Å². The summed E-state index contributed by atoms with van der Waals surface area (Å²) < 4.78 is 49.4. The predicted molar refractivity (Wildman–Crippen MR) is 116 cm³/mol. The lowest BCUT2D eigenvalue weighted by Gasteiger charge is -2.31. The minimum absolute atomic E-state index is 0.0278. The lowest BCUT2D eigenvalue weighted by atomic mass is 9.84. The third-order valence-electron chi connectivity index (χ3n) is 5.38. The summed E-state index contributed by atoms with van der Waals surface area (Å²) in [5.41, 5.74) is 0.433. The van der Waals surface area contributed by atoms with Gasteiger partial charge in [-0.15, -0.1) is 0 Å². The Balaban J connectivity index is 1.62. The maximum atomic E-state index is 13.2. The van der Waals surface area contributed by atoms with Gasteiger partial charge in [0.2, 0.25) is 5.91 Å². The molecule has 1 amide bonds. The molecule has 1 aliphatic carbocycles. The summed E-state index contributed by atoms with van der Waals surface area (Å²) in [7, 11) is -4.21. The van der Waals surface area contributed by atoms with Gasteiger partial charge in [-0.2, -0.15) is 8.42 Å². The first-order valence-electron chi connectivity index (χ1n) is 10.1. The summed E-state index contributed by atoms with van der Waals surface area (Å²) in [6.45, 7) is 0.323. The number of hydrogen-bond donors (Lipinski definition) is 0. The molecule has 168 valence electrons. The van der Waals surface area contributed by atoms with Crippen LogP contribution in [0.2, 0.25) is 5.02 Å². The van der Waals surface area contributed by atoms with E-state index in [0.717, 1.165) is 43.5 Å². The van der Waals surface area contributed by atoms with E-state index in [4.69, 9.17) is 20.2 Å². The number of rotatable bonds is 8. The van der Waals surface area contributed by atoms with E-state index in [1.807, 2.05) is 0 Å². The van der Waals surface area contributed by atoms with Gasteiger partial charge in [-0.25, -0.2) is 4.39 Å². The van der Waals surface area contributed by atoms with E-state index in [2.05, 4.69) is 0 Å². The van der Waals surface area contributed by atoms with Crippen LogP contribution in [0.5, 0.6) is 5.75 Å². The van der Waals surface area contributed by atoms with Gasteiger partial charge in [0, 0.05) is 23.0 Å². The van der Waals surface area contributed by atoms with E-state index < -0.39 is 15.9 Å². The molecule has 6 nitrogen and oxygen atoms in total. The molecule has 32 heavy (non-hydrogen) atoms. The van der Waals surface area contributed by atoms with E-state index in [0.29, 0.717) is 16.3 Å². The van der Waals surface area contributed by atoms with Crippen LogP contribution in [-0.4, -0.2) is 19.2 Å². The Morgan fingerprint density at radius 1 is 1.12 bits per heavy atom. The normalized spacial score (nSPS) is 14.1. The molecule has 2 aromatic carbocycles. The van der Waals surface area contributed by atoms with Crippen molar-refractivity contribution in [1.82, 2.24) is 4.90 Å². The second kappa shape index (κ2) is 9.34. The summed E-state index contributed by atoms with van der Waals surface area (Å²) in [5.74, 6) is 0.0151. The van der Waals surface area contributed by atoms with E-state index in [1.165, 1.54) is 18.4 Å². The molecule has 1 aromatic heterocycles. The molecule has 1 aliphatic rings. The highest BCUT2D eigenvalue weighted by molar-refractivity contribution is 7.87. The van der Waals surface area contributed by atoms with Gasteiger partial charge >= 0.3 is 10.1 Å². The maximum absolute atomic E-state index is 13.2. The highest BCUT2D eigenvalue weighted by Crippen LogP contribution is 2.32. The molecule has 0 unspecified atom stereocenters. The van der Waals surface area contributed by atoms with Crippen LogP contribution in [0.4, 0.5) is 4.39 Å². The number of amides is 1. The molecule has 0 N–H and O–H groups in total. The molecular weight excluding hydrogens is 457 g/mol. The van der Waals surface area contributed by atoms with Crippen molar-refractivity contribution in [3.63, 3.8) is 0 Å². The van der Waals surface area contributed by atoms with Crippen LogP contribution in [0.25, 0.3) is 0 Å². The summed E-state index contributed by atoms with van der Waals surface area (Å²) in [4.78, 5) is 14.5. The van der Waals surface area contributed by atoms with Crippen molar-refractivity contribution in [2.75, 3.05) is 0 Å². The third-order valence-corrected chi connectivity index (χ3v) is 6.86. The first kappa shape index (κ1) is 22.4. The van der Waals surface area contributed by atoms with Gasteiger partial charge in [0.15, 0.2) is 0 Å². The molecular formula is C23H21ClFNO5S.